The summed E-state index contributed by atoms with van der Waals surface area (Å²) in [6.07, 6.45) is 0. The van der Waals surface area contributed by atoms with Crippen LogP contribution in [0.1, 0.15) is 30.9 Å². The van der Waals surface area contributed by atoms with Crippen LogP contribution in [0.15, 0.2) is 30.3 Å². The lowest BCUT2D eigenvalue weighted by Crippen LogP contribution is -1.95. The molecular formula is C16H15F3. The van der Waals surface area contributed by atoms with Crippen LogP contribution in [0.5, 0.6) is 0 Å². The van der Waals surface area contributed by atoms with E-state index in [4.69, 9.17) is 0 Å². The minimum Gasteiger partial charge on any atom is -0.204 e. The van der Waals surface area contributed by atoms with Gasteiger partial charge in [0.15, 0.2) is 17.5 Å². The maximum absolute atomic E-state index is 13.2. The van der Waals surface area contributed by atoms with Crippen LogP contribution in [0.4, 0.5) is 13.2 Å². The van der Waals surface area contributed by atoms with Crippen molar-refractivity contribution in [1.29, 1.82) is 0 Å². The number of rotatable bonds is 2. The molecule has 2 rings (SSSR count). The van der Waals surface area contributed by atoms with E-state index in [1.165, 1.54) is 0 Å². The second kappa shape index (κ2) is 5.08. The fourth-order valence-corrected chi connectivity index (χ4v) is 2.16. The van der Waals surface area contributed by atoms with Crippen LogP contribution in [0, 0.1) is 24.4 Å². The summed E-state index contributed by atoms with van der Waals surface area (Å²) in [5.41, 5.74) is 3.27. The molecule has 0 amide bonds. The van der Waals surface area contributed by atoms with E-state index in [9.17, 15) is 13.2 Å². The number of hydrogen-bond acceptors (Lipinski definition) is 0. The van der Waals surface area contributed by atoms with Gasteiger partial charge in [0.05, 0.1) is 0 Å². The minimum absolute atomic E-state index is 0.315. The van der Waals surface area contributed by atoms with Crippen LogP contribution < -0.4 is 0 Å². The Morgan fingerprint density at radius 3 is 1.95 bits per heavy atom. The van der Waals surface area contributed by atoms with Crippen LogP contribution >= 0.6 is 0 Å². The van der Waals surface area contributed by atoms with Crippen LogP contribution in [0.25, 0.3) is 11.1 Å². The Labute approximate surface area is 110 Å². The van der Waals surface area contributed by atoms with Gasteiger partial charge in [-0.15, -0.1) is 0 Å². The van der Waals surface area contributed by atoms with E-state index in [1.54, 1.807) is 6.07 Å². The van der Waals surface area contributed by atoms with Crippen molar-refractivity contribution in [2.75, 3.05) is 0 Å². The van der Waals surface area contributed by atoms with Gasteiger partial charge in [-0.1, -0.05) is 32.0 Å². The SMILES string of the molecule is Cc1ccc(-c2cc(F)c(F)c(F)c2)cc1C(C)C. The summed E-state index contributed by atoms with van der Waals surface area (Å²) < 4.78 is 39.4. The van der Waals surface area contributed by atoms with Crippen molar-refractivity contribution in [2.24, 2.45) is 0 Å². The lowest BCUT2D eigenvalue weighted by Gasteiger charge is -2.12. The summed E-state index contributed by atoms with van der Waals surface area (Å²) >= 11 is 0. The van der Waals surface area contributed by atoms with E-state index in [-0.39, 0.29) is 0 Å². The normalized spacial score (nSPS) is 11.1. The number of aryl methyl sites for hydroxylation is 1. The standard InChI is InChI=1S/C16H15F3/c1-9(2)13-6-11(5-4-10(13)3)12-7-14(17)16(19)15(18)8-12/h4-9H,1-3H3. The van der Waals surface area contributed by atoms with Gasteiger partial charge in [-0.3, -0.25) is 0 Å². The molecule has 0 saturated heterocycles. The predicted octanol–water partition coefficient (Wildman–Crippen LogP) is 5.20. The van der Waals surface area contributed by atoms with E-state index >= 15 is 0 Å². The highest BCUT2D eigenvalue weighted by Gasteiger charge is 2.13. The third-order valence-corrected chi connectivity index (χ3v) is 3.22. The first kappa shape index (κ1) is 13.7. The third kappa shape index (κ3) is 2.65. The zero-order valence-corrected chi connectivity index (χ0v) is 11.1. The molecule has 0 aromatic heterocycles. The molecule has 2 aromatic rings. The second-order valence-corrected chi connectivity index (χ2v) is 4.98. The first-order valence-corrected chi connectivity index (χ1v) is 6.15. The molecule has 0 aliphatic carbocycles. The molecule has 100 valence electrons. The van der Waals surface area contributed by atoms with Gasteiger partial charge >= 0.3 is 0 Å². The van der Waals surface area contributed by atoms with Crippen LogP contribution in [0.2, 0.25) is 0 Å². The van der Waals surface area contributed by atoms with Gasteiger partial charge in [0, 0.05) is 0 Å². The number of benzene rings is 2. The lowest BCUT2D eigenvalue weighted by molar-refractivity contribution is 0.447. The molecule has 19 heavy (non-hydrogen) atoms. The molecule has 3 heteroatoms. The highest BCUT2D eigenvalue weighted by atomic mass is 19.2. The smallest absolute Gasteiger partial charge is 0.194 e. The maximum atomic E-state index is 13.2. The molecule has 2 aromatic carbocycles. The minimum atomic E-state index is -1.43. The molecule has 0 radical (unpaired) electrons. The third-order valence-electron chi connectivity index (χ3n) is 3.22. The van der Waals surface area contributed by atoms with Gasteiger partial charge in [0.2, 0.25) is 0 Å². The van der Waals surface area contributed by atoms with Crippen molar-refractivity contribution in [3.8, 4) is 11.1 Å². The molecule has 0 fully saturated rings. The topological polar surface area (TPSA) is 0 Å². The van der Waals surface area contributed by atoms with Gasteiger partial charge in [-0.2, -0.15) is 0 Å². The largest absolute Gasteiger partial charge is 0.204 e. The Morgan fingerprint density at radius 1 is 0.842 bits per heavy atom. The lowest BCUT2D eigenvalue weighted by atomic mass is 9.93. The van der Waals surface area contributed by atoms with Gasteiger partial charge < -0.3 is 0 Å². The molecule has 0 N–H and O–H groups in total. The second-order valence-electron chi connectivity index (χ2n) is 4.98. The van der Waals surface area contributed by atoms with Gasteiger partial charge in [-0.05, 0) is 47.2 Å². The van der Waals surface area contributed by atoms with E-state index in [0.717, 1.165) is 23.3 Å². The zero-order chi connectivity index (χ0) is 14.2. The average Bonchev–Trinajstić information content (AvgIpc) is 2.35. The first-order chi connectivity index (χ1) is 8.90. The first-order valence-electron chi connectivity index (χ1n) is 6.15. The summed E-state index contributed by atoms with van der Waals surface area (Å²) in [7, 11) is 0. The van der Waals surface area contributed by atoms with Crippen LogP contribution in [-0.2, 0) is 0 Å². The van der Waals surface area contributed by atoms with Crippen LogP contribution in [0.3, 0.4) is 0 Å². The Balaban J connectivity index is 2.56. The summed E-state index contributed by atoms with van der Waals surface area (Å²) in [6, 6.07) is 7.63. The van der Waals surface area contributed by atoms with Crippen molar-refractivity contribution < 1.29 is 13.2 Å². The summed E-state index contributed by atoms with van der Waals surface area (Å²) in [6.45, 7) is 6.10. The van der Waals surface area contributed by atoms with Crippen molar-refractivity contribution >= 4 is 0 Å². The van der Waals surface area contributed by atoms with E-state index in [1.807, 2.05) is 19.1 Å². The molecule has 0 nitrogen and oxygen atoms in total. The Hall–Kier alpha value is -1.77. The van der Waals surface area contributed by atoms with Gasteiger partial charge in [0.25, 0.3) is 0 Å². The van der Waals surface area contributed by atoms with Gasteiger partial charge in [-0.25, -0.2) is 13.2 Å². The highest BCUT2D eigenvalue weighted by molar-refractivity contribution is 5.65. The molecule has 0 bridgehead atoms. The van der Waals surface area contributed by atoms with Crippen molar-refractivity contribution in [1.82, 2.24) is 0 Å². The monoisotopic (exact) mass is 264 g/mol. The summed E-state index contributed by atoms with van der Waals surface area (Å²) in [4.78, 5) is 0. The number of halogens is 3. The average molecular weight is 264 g/mol. The molecule has 0 heterocycles. The molecule has 0 aliphatic heterocycles. The van der Waals surface area contributed by atoms with E-state index in [2.05, 4.69) is 13.8 Å². The Morgan fingerprint density at radius 2 is 1.42 bits per heavy atom. The highest BCUT2D eigenvalue weighted by Crippen LogP contribution is 2.28. The maximum Gasteiger partial charge on any atom is 0.194 e. The fraction of sp³-hybridized carbons (Fsp3) is 0.250. The molecule has 0 spiro atoms. The molecule has 0 atom stereocenters. The molecule has 0 saturated carbocycles. The fourth-order valence-electron chi connectivity index (χ4n) is 2.16. The van der Waals surface area contributed by atoms with E-state index < -0.39 is 17.5 Å². The zero-order valence-electron chi connectivity index (χ0n) is 11.1. The number of hydrogen-bond donors (Lipinski definition) is 0. The summed E-state index contributed by atoms with van der Waals surface area (Å²) in [5, 5.41) is 0. The molecule has 0 aliphatic rings. The quantitative estimate of drug-likeness (QED) is 0.654. The summed E-state index contributed by atoms with van der Waals surface area (Å²) in [5.74, 6) is -3.45. The van der Waals surface area contributed by atoms with Crippen molar-refractivity contribution in [3.63, 3.8) is 0 Å². The van der Waals surface area contributed by atoms with Gasteiger partial charge in [0.1, 0.15) is 0 Å². The molecule has 0 unspecified atom stereocenters. The van der Waals surface area contributed by atoms with E-state index in [0.29, 0.717) is 17.0 Å². The van der Waals surface area contributed by atoms with Crippen molar-refractivity contribution in [3.05, 3.63) is 58.9 Å². The predicted molar refractivity (Wildman–Crippen MR) is 70.6 cm³/mol. The van der Waals surface area contributed by atoms with Crippen LogP contribution in [-0.4, -0.2) is 0 Å². The van der Waals surface area contributed by atoms with Crippen molar-refractivity contribution in [2.45, 2.75) is 26.7 Å². The Kier molecular flexibility index (Phi) is 3.65. The Bertz CT molecular complexity index is 592. The molecular weight excluding hydrogens is 249 g/mol.